The molecule has 3 aromatic carbocycles. The molecular formula is C35H39FN2O4. The molecule has 2 atom stereocenters. The van der Waals surface area contributed by atoms with Gasteiger partial charge in [0.2, 0.25) is 0 Å². The number of cyclic esters (lactones) is 1. The average molecular weight is 571 g/mol. The molecule has 4 aromatic rings. The molecule has 1 aliphatic rings. The van der Waals surface area contributed by atoms with E-state index in [1.807, 2.05) is 88.4 Å². The van der Waals surface area contributed by atoms with Crippen molar-refractivity contribution in [3.63, 3.8) is 0 Å². The van der Waals surface area contributed by atoms with Crippen molar-refractivity contribution in [2.24, 2.45) is 0 Å². The molecule has 7 heteroatoms. The van der Waals surface area contributed by atoms with Crippen molar-refractivity contribution >= 4 is 17.6 Å². The van der Waals surface area contributed by atoms with E-state index < -0.39 is 18.2 Å². The molecule has 2 N–H and O–H groups in total. The summed E-state index contributed by atoms with van der Waals surface area (Å²) in [6.45, 7) is 8.51. The number of nitrogens with zero attached hydrogens (tertiary/aromatic N) is 1. The highest BCUT2D eigenvalue weighted by Gasteiger charge is 2.32. The lowest BCUT2D eigenvalue weighted by Crippen LogP contribution is -2.33. The number of esters is 1. The van der Waals surface area contributed by atoms with Gasteiger partial charge in [-0.1, -0.05) is 76.2 Å². The van der Waals surface area contributed by atoms with Crippen molar-refractivity contribution in [3.05, 3.63) is 102 Å². The first-order chi connectivity index (χ1) is 20.3. The van der Waals surface area contributed by atoms with Crippen LogP contribution < -0.4 is 5.32 Å². The highest BCUT2D eigenvalue weighted by molar-refractivity contribution is 6.12. The summed E-state index contributed by atoms with van der Waals surface area (Å²) in [7, 11) is 0. The van der Waals surface area contributed by atoms with E-state index in [2.05, 4.69) is 9.88 Å². The minimum atomic E-state index is -0.732. The number of halogens is 1. The number of ether oxygens (including phenoxy) is 1. The fraction of sp³-hybridized carbons (Fsp3) is 0.314. The summed E-state index contributed by atoms with van der Waals surface area (Å²) in [5.74, 6) is -1.05. The van der Waals surface area contributed by atoms with Crippen LogP contribution in [0.4, 0.5) is 10.1 Å². The number of carbonyl (C=O) groups is 2. The van der Waals surface area contributed by atoms with Crippen LogP contribution in [0.5, 0.6) is 0 Å². The first-order valence-corrected chi connectivity index (χ1v) is 14.6. The Morgan fingerprint density at radius 1 is 0.976 bits per heavy atom. The van der Waals surface area contributed by atoms with Crippen molar-refractivity contribution < 1.29 is 23.8 Å². The summed E-state index contributed by atoms with van der Waals surface area (Å²) in [6.07, 6.45) is -0.354. The molecule has 0 spiro atoms. The normalized spacial score (nSPS) is 16.4. The lowest BCUT2D eigenvalue weighted by molar-refractivity contribution is -0.160. The topological polar surface area (TPSA) is 80.6 Å². The SMILES string of the molecule is CC.CC(C)c1c(C(=O)Nc2ccccc2)c(-c2ccccc2)c(-c2ccc(F)cc2)n1CCC1C[C@@H](O)CC(=O)O1. The molecule has 220 valence electrons. The van der Waals surface area contributed by atoms with Gasteiger partial charge in [-0.05, 0) is 53.4 Å². The third-order valence-corrected chi connectivity index (χ3v) is 7.20. The Kier molecular flexibility index (Phi) is 10.3. The Morgan fingerprint density at radius 2 is 1.60 bits per heavy atom. The quantitative estimate of drug-likeness (QED) is 0.212. The Labute approximate surface area is 247 Å². The van der Waals surface area contributed by atoms with E-state index in [9.17, 15) is 19.1 Å². The van der Waals surface area contributed by atoms with Gasteiger partial charge in [0.25, 0.3) is 5.91 Å². The van der Waals surface area contributed by atoms with E-state index in [0.29, 0.717) is 30.6 Å². The predicted molar refractivity (Wildman–Crippen MR) is 165 cm³/mol. The fourth-order valence-corrected chi connectivity index (χ4v) is 5.52. The molecule has 1 aliphatic heterocycles. The standard InChI is InChI=1S/C33H33FN2O4.C2H6/c1-21(2)31-30(33(39)35-25-11-7-4-8-12-25)29(22-9-5-3-6-10-22)32(23-13-15-24(34)16-14-23)36(31)18-17-27-19-26(37)20-28(38)40-27;1-2/h3-16,21,26-27,37H,17-20H2,1-2H3,(H,35,39);1-2H3/t26-,27?;/m1./s1. The molecule has 6 nitrogen and oxygen atoms in total. The molecule has 1 saturated heterocycles. The third-order valence-electron chi connectivity index (χ3n) is 7.20. The minimum absolute atomic E-state index is 0.0000536. The molecule has 0 bridgehead atoms. The van der Waals surface area contributed by atoms with Crippen molar-refractivity contribution in [2.75, 3.05) is 5.32 Å². The molecule has 1 fully saturated rings. The number of para-hydroxylation sites is 1. The molecular weight excluding hydrogens is 531 g/mol. The molecule has 1 amide bonds. The van der Waals surface area contributed by atoms with Crippen molar-refractivity contribution in [2.45, 2.75) is 71.6 Å². The molecule has 1 unspecified atom stereocenters. The zero-order chi connectivity index (χ0) is 30.2. The van der Waals surface area contributed by atoms with E-state index in [1.54, 1.807) is 12.1 Å². The van der Waals surface area contributed by atoms with Crippen LogP contribution in [0.2, 0.25) is 0 Å². The maximum Gasteiger partial charge on any atom is 0.308 e. The van der Waals surface area contributed by atoms with Crippen LogP contribution in [-0.4, -0.2) is 33.8 Å². The largest absolute Gasteiger partial charge is 0.462 e. The average Bonchev–Trinajstić information content (AvgIpc) is 3.34. The molecule has 0 saturated carbocycles. The number of nitrogens with one attached hydrogen (secondary N) is 1. The monoisotopic (exact) mass is 570 g/mol. The summed E-state index contributed by atoms with van der Waals surface area (Å²) in [5, 5.41) is 13.2. The van der Waals surface area contributed by atoms with E-state index in [-0.39, 0.29) is 24.1 Å². The number of carbonyl (C=O) groups excluding carboxylic acids is 2. The van der Waals surface area contributed by atoms with Gasteiger partial charge in [-0.15, -0.1) is 0 Å². The van der Waals surface area contributed by atoms with Crippen LogP contribution in [0.15, 0.2) is 84.9 Å². The van der Waals surface area contributed by atoms with Crippen LogP contribution in [0.25, 0.3) is 22.4 Å². The lowest BCUT2D eigenvalue weighted by Gasteiger charge is -2.27. The number of hydrogen-bond donors (Lipinski definition) is 2. The summed E-state index contributed by atoms with van der Waals surface area (Å²) >= 11 is 0. The second-order valence-electron chi connectivity index (χ2n) is 10.5. The van der Waals surface area contributed by atoms with E-state index >= 15 is 0 Å². The highest BCUT2D eigenvalue weighted by Crippen LogP contribution is 2.42. The number of aliphatic hydroxyl groups is 1. The number of aliphatic hydroxyl groups excluding tert-OH is 1. The van der Waals surface area contributed by atoms with Gasteiger partial charge in [0.15, 0.2) is 0 Å². The summed E-state index contributed by atoms with van der Waals surface area (Å²) in [5.41, 5.74) is 5.22. The van der Waals surface area contributed by atoms with Gasteiger partial charge in [0.05, 0.1) is 23.8 Å². The maximum absolute atomic E-state index is 14.1. The summed E-state index contributed by atoms with van der Waals surface area (Å²) in [6, 6.07) is 25.3. The zero-order valence-corrected chi connectivity index (χ0v) is 24.6. The first-order valence-electron chi connectivity index (χ1n) is 14.6. The Balaban J connectivity index is 0.00000198. The summed E-state index contributed by atoms with van der Waals surface area (Å²) < 4.78 is 21.7. The predicted octanol–water partition coefficient (Wildman–Crippen LogP) is 7.82. The highest BCUT2D eigenvalue weighted by atomic mass is 19.1. The lowest BCUT2D eigenvalue weighted by atomic mass is 9.94. The number of benzene rings is 3. The zero-order valence-electron chi connectivity index (χ0n) is 24.6. The number of amides is 1. The van der Waals surface area contributed by atoms with E-state index in [1.165, 1.54) is 12.1 Å². The fourth-order valence-electron chi connectivity index (χ4n) is 5.52. The van der Waals surface area contributed by atoms with Crippen LogP contribution >= 0.6 is 0 Å². The van der Waals surface area contributed by atoms with Crippen molar-refractivity contribution in [1.82, 2.24) is 4.57 Å². The number of rotatable bonds is 8. The smallest absolute Gasteiger partial charge is 0.308 e. The Morgan fingerprint density at radius 3 is 2.19 bits per heavy atom. The number of hydrogen-bond acceptors (Lipinski definition) is 4. The van der Waals surface area contributed by atoms with Crippen molar-refractivity contribution in [3.8, 4) is 22.4 Å². The first kappa shape index (κ1) is 30.7. The van der Waals surface area contributed by atoms with Crippen LogP contribution in [-0.2, 0) is 16.1 Å². The molecule has 0 radical (unpaired) electrons. The third kappa shape index (κ3) is 6.97. The Bertz CT molecular complexity index is 1480. The number of anilines is 1. The molecule has 0 aliphatic carbocycles. The van der Waals surface area contributed by atoms with E-state index in [0.717, 1.165) is 28.1 Å². The van der Waals surface area contributed by atoms with Gasteiger partial charge in [-0.25, -0.2) is 4.39 Å². The Hall–Kier alpha value is -4.23. The van der Waals surface area contributed by atoms with Gasteiger partial charge in [0, 0.05) is 36.3 Å². The summed E-state index contributed by atoms with van der Waals surface area (Å²) in [4.78, 5) is 26.1. The van der Waals surface area contributed by atoms with Gasteiger partial charge in [-0.2, -0.15) is 0 Å². The van der Waals surface area contributed by atoms with Crippen LogP contribution in [0.1, 0.15) is 68.9 Å². The second kappa shape index (κ2) is 14.1. The number of aromatic nitrogens is 1. The maximum atomic E-state index is 14.1. The van der Waals surface area contributed by atoms with E-state index in [4.69, 9.17) is 4.74 Å². The van der Waals surface area contributed by atoms with Gasteiger partial charge >= 0.3 is 5.97 Å². The van der Waals surface area contributed by atoms with Gasteiger partial charge in [-0.3, -0.25) is 9.59 Å². The molecule has 2 heterocycles. The second-order valence-corrected chi connectivity index (χ2v) is 10.5. The van der Waals surface area contributed by atoms with Gasteiger partial charge < -0.3 is 19.7 Å². The van der Waals surface area contributed by atoms with Crippen molar-refractivity contribution in [1.29, 1.82) is 0 Å². The van der Waals surface area contributed by atoms with Crippen LogP contribution in [0, 0.1) is 5.82 Å². The minimum Gasteiger partial charge on any atom is -0.462 e. The van der Waals surface area contributed by atoms with Gasteiger partial charge in [0.1, 0.15) is 11.9 Å². The molecule has 5 rings (SSSR count). The molecule has 42 heavy (non-hydrogen) atoms. The molecule has 1 aromatic heterocycles. The van der Waals surface area contributed by atoms with Crippen LogP contribution in [0.3, 0.4) is 0 Å².